The van der Waals surface area contributed by atoms with Crippen LogP contribution in [0.25, 0.3) is 11.0 Å². The van der Waals surface area contributed by atoms with Gasteiger partial charge in [-0.15, -0.1) is 0 Å². The second kappa shape index (κ2) is 11.2. The number of aryl methyl sites for hydroxylation is 1. The number of alkyl halides is 6. The second-order valence-electron chi connectivity index (χ2n) is 10.3. The molecule has 1 amide bonds. The average Bonchev–Trinajstić information content (AvgIpc) is 3.32. The summed E-state index contributed by atoms with van der Waals surface area (Å²) in [6.07, 6.45) is -7.08. The lowest BCUT2D eigenvalue weighted by Gasteiger charge is -2.29. The fraction of sp³-hybridized carbons (Fsp3) is 0.310. The molecule has 5 rings (SSSR count). The van der Waals surface area contributed by atoms with Crippen LogP contribution in [0, 0.1) is 18.8 Å². The monoisotopic (exact) mass is 601 g/mol. The van der Waals surface area contributed by atoms with Gasteiger partial charge in [0.05, 0.1) is 22.6 Å². The Morgan fingerprint density at radius 1 is 0.977 bits per heavy atom. The highest BCUT2D eigenvalue weighted by molar-refractivity contribution is 6.04. The van der Waals surface area contributed by atoms with Crippen LogP contribution in [0.5, 0.6) is 0 Å². The Labute approximate surface area is 241 Å². The zero-order chi connectivity index (χ0) is 31.1. The smallest absolute Gasteiger partial charge is 0.383 e. The van der Waals surface area contributed by atoms with E-state index < -0.39 is 35.0 Å². The summed E-state index contributed by atoms with van der Waals surface area (Å²) in [6, 6.07) is 5.35. The molecule has 0 spiro atoms. The van der Waals surface area contributed by atoms with E-state index in [9.17, 15) is 31.1 Å². The third kappa shape index (κ3) is 6.41. The molecule has 43 heavy (non-hydrogen) atoms. The minimum Gasteiger partial charge on any atom is -0.383 e. The van der Waals surface area contributed by atoms with Gasteiger partial charge in [-0.25, -0.2) is 14.6 Å². The standard InChI is InChI=1S/C29H25F6N7O/c1-16-3-5-21(39-27(43)18-11-19(28(30,31)32)14-20(12-18)29(33,34)35)13-17(16)4-6-23-24-25(36)37-15-38-26(24)42(40-23)22-7-9-41(2)10-8-22/h3,5,11-15,22H,7-10H2,1-2H3,(H,39,43)(H2,36,37,38). The summed E-state index contributed by atoms with van der Waals surface area (Å²) < 4.78 is 81.3. The lowest BCUT2D eigenvalue weighted by atomic mass is 10.0. The zero-order valence-electron chi connectivity index (χ0n) is 22.9. The molecule has 1 aliphatic rings. The highest BCUT2D eigenvalue weighted by Gasteiger charge is 2.37. The van der Waals surface area contributed by atoms with Crippen LogP contribution in [-0.2, 0) is 12.4 Å². The molecule has 1 saturated heterocycles. The highest BCUT2D eigenvalue weighted by Crippen LogP contribution is 2.36. The van der Waals surface area contributed by atoms with E-state index in [2.05, 4.69) is 32.0 Å². The molecular formula is C29H25F6N7O. The van der Waals surface area contributed by atoms with Gasteiger partial charge in [0, 0.05) is 16.8 Å². The van der Waals surface area contributed by atoms with E-state index in [1.165, 1.54) is 18.5 Å². The topological polar surface area (TPSA) is 102 Å². The van der Waals surface area contributed by atoms with Gasteiger partial charge in [0.15, 0.2) is 5.65 Å². The number of amides is 1. The van der Waals surface area contributed by atoms with Crippen molar-refractivity contribution in [3.63, 3.8) is 0 Å². The fourth-order valence-corrected chi connectivity index (χ4v) is 4.83. The number of nitrogens with one attached hydrogen (secondary N) is 1. The molecule has 1 aliphatic heterocycles. The van der Waals surface area contributed by atoms with Gasteiger partial charge < -0.3 is 16.0 Å². The molecule has 14 heteroatoms. The van der Waals surface area contributed by atoms with Gasteiger partial charge in [-0.3, -0.25) is 4.79 Å². The van der Waals surface area contributed by atoms with Crippen molar-refractivity contribution in [1.82, 2.24) is 24.6 Å². The molecule has 2 aromatic carbocycles. The first-order valence-corrected chi connectivity index (χ1v) is 13.1. The summed E-state index contributed by atoms with van der Waals surface area (Å²) in [4.78, 5) is 23.5. The lowest BCUT2D eigenvalue weighted by Crippen LogP contribution is -2.32. The Kier molecular flexibility index (Phi) is 7.78. The third-order valence-electron chi connectivity index (χ3n) is 7.21. The van der Waals surface area contributed by atoms with Crippen molar-refractivity contribution in [2.45, 2.75) is 38.2 Å². The number of likely N-dealkylation sites (tertiary alicyclic amines) is 1. The minimum atomic E-state index is -5.08. The fourth-order valence-electron chi connectivity index (χ4n) is 4.83. The number of hydrogen-bond donors (Lipinski definition) is 2. The number of nitrogens with two attached hydrogens (primary N) is 1. The van der Waals surface area contributed by atoms with Gasteiger partial charge in [0.2, 0.25) is 0 Å². The quantitative estimate of drug-likeness (QED) is 0.232. The first kappa shape index (κ1) is 29.8. The van der Waals surface area contributed by atoms with Crippen molar-refractivity contribution >= 4 is 28.4 Å². The molecule has 3 N–H and O–H groups in total. The Morgan fingerprint density at radius 3 is 2.26 bits per heavy atom. The largest absolute Gasteiger partial charge is 0.416 e. The molecule has 0 aliphatic carbocycles. The number of piperidine rings is 1. The second-order valence-corrected chi connectivity index (χ2v) is 10.3. The van der Waals surface area contributed by atoms with Gasteiger partial charge in [-0.2, -0.15) is 31.4 Å². The number of hydrogen-bond acceptors (Lipinski definition) is 6. The first-order chi connectivity index (χ1) is 20.2. The number of fused-ring (bicyclic) bond motifs is 1. The molecule has 0 unspecified atom stereocenters. The molecule has 0 atom stereocenters. The van der Waals surface area contributed by atoms with E-state index in [-0.39, 0.29) is 23.6 Å². The van der Waals surface area contributed by atoms with Crippen molar-refractivity contribution in [2.75, 3.05) is 31.2 Å². The Morgan fingerprint density at radius 2 is 1.63 bits per heavy atom. The van der Waals surface area contributed by atoms with E-state index >= 15 is 0 Å². The van der Waals surface area contributed by atoms with E-state index in [4.69, 9.17) is 10.8 Å². The van der Waals surface area contributed by atoms with Crippen molar-refractivity contribution < 1.29 is 31.1 Å². The van der Waals surface area contributed by atoms with Crippen LogP contribution in [0.15, 0.2) is 42.7 Å². The van der Waals surface area contributed by atoms with E-state index in [0.717, 1.165) is 25.9 Å². The molecule has 8 nitrogen and oxygen atoms in total. The van der Waals surface area contributed by atoms with Gasteiger partial charge in [0.25, 0.3) is 5.91 Å². The number of benzene rings is 2. The molecule has 4 aromatic rings. The van der Waals surface area contributed by atoms with Crippen molar-refractivity contribution in [3.05, 3.63) is 76.2 Å². The van der Waals surface area contributed by atoms with Crippen LogP contribution in [-0.4, -0.2) is 50.7 Å². The summed E-state index contributed by atoms with van der Waals surface area (Å²) in [5, 5.41) is 7.57. The molecule has 0 radical (unpaired) electrons. The Balaban J connectivity index is 1.46. The maximum absolute atomic E-state index is 13.3. The van der Waals surface area contributed by atoms with Gasteiger partial charge in [-0.05, 0) is 81.7 Å². The normalized spacial score (nSPS) is 14.9. The number of nitrogens with zero attached hydrogens (tertiary/aromatic N) is 5. The van der Waals surface area contributed by atoms with E-state index in [1.807, 2.05) is 11.7 Å². The molecule has 2 aromatic heterocycles. The van der Waals surface area contributed by atoms with Gasteiger partial charge in [0.1, 0.15) is 17.8 Å². The van der Waals surface area contributed by atoms with Crippen LogP contribution in [0.3, 0.4) is 0 Å². The molecule has 0 bridgehead atoms. The number of carbonyl (C=O) groups is 1. The zero-order valence-corrected chi connectivity index (χ0v) is 22.9. The van der Waals surface area contributed by atoms with Gasteiger partial charge >= 0.3 is 12.4 Å². The SMILES string of the molecule is Cc1ccc(NC(=O)c2cc(C(F)(F)F)cc(C(F)(F)F)c2)cc1C#Cc1nn(C2CCN(C)CC2)c2ncnc(N)c12. The highest BCUT2D eigenvalue weighted by atomic mass is 19.4. The maximum Gasteiger partial charge on any atom is 0.416 e. The number of aromatic nitrogens is 4. The van der Waals surface area contributed by atoms with Crippen molar-refractivity contribution in [2.24, 2.45) is 0 Å². The van der Waals surface area contributed by atoms with Crippen LogP contribution < -0.4 is 11.1 Å². The lowest BCUT2D eigenvalue weighted by molar-refractivity contribution is -0.143. The third-order valence-corrected chi connectivity index (χ3v) is 7.21. The first-order valence-electron chi connectivity index (χ1n) is 13.1. The minimum absolute atomic E-state index is 0.0358. The Bertz CT molecular complexity index is 1730. The molecule has 3 heterocycles. The number of anilines is 2. The predicted octanol–water partition coefficient (Wildman–Crippen LogP) is 5.67. The molecular weight excluding hydrogens is 576 g/mol. The van der Waals surface area contributed by atoms with Crippen LogP contribution in [0.2, 0.25) is 0 Å². The van der Waals surface area contributed by atoms with Crippen LogP contribution >= 0.6 is 0 Å². The maximum atomic E-state index is 13.3. The van der Waals surface area contributed by atoms with Crippen molar-refractivity contribution in [3.8, 4) is 11.8 Å². The van der Waals surface area contributed by atoms with E-state index in [0.29, 0.717) is 40.0 Å². The average molecular weight is 602 g/mol. The summed E-state index contributed by atoms with van der Waals surface area (Å²) in [5.74, 6) is 5.06. The van der Waals surface area contributed by atoms with Gasteiger partial charge in [-0.1, -0.05) is 12.0 Å². The number of nitrogen functional groups attached to an aromatic ring is 1. The number of halogens is 6. The molecule has 0 saturated carbocycles. The summed E-state index contributed by atoms with van der Waals surface area (Å²) in [5.41, 5.74) is 4.37. The van der Waals surface area contributed by atoms with Crippen molar-refractivity contribution in [1.29, 1.82) is 0 Å². The van der Waals surface area contributed by atoms with E-state index in [1.54, 1.807) is 13.0 Å². The molecule has 1 fully saturated rings. The Hall–Kier alpha value is -4.64. The molecule has 224 valence electrons. The summed E-state index contributed by atoms with van der Waals surface area (Å²) in [7, 11) is 2.05. The van der Waals surface area contributed by atoms with Crippen LogP contribution in [0.4, 0.5) is 37.8 Å². The number of carbonyl (C=O) groups excluding carboxylic acids is 1. The summed E-state index contributed by atoms with van der Waals surface area (Å²) in [6.45, 7) is 3.54. The number of rotatable bonds is 3. The van der Waals surface area contributed by atoms with Crippen LogP contribution in [0.1, 0.15) is 57.2 Å². The summed E-state index contributed by atoms with van der Waals surface area (Å²) >= 11 is 0. The predicted molar refractivity (Wildman–Crippen MR) is 147 cm³/mol.